The SMILES string of the molecule is Cn1nccc1C(=O)N1C[C@H](C(=O)O)[C@@H](c2ccc3c(c2)OCO3)C1. The van der Waals surface area contributed by atoms with Crippen LogP contribution in [0.3, 0.4) is 0 Å². The minimum absolute atomic E-state index is 0.164. The molecule has 1 amide bonds. The normalized spacial score (nSPS) is 21.6. The molecule has 2 atom stereocenters. The standard InChI is InChI=1S/C17H17N3O5/c1-19-13(4-5-18-19)16(21)20-7-11(12(8-20)17(22)23)10-2-3-14-15(6-10)25-9-24-14/h2-6,11-12H,7-9H2,1H3,(H,22,23)/t11-,12+/m1/s1. The molecule has 2 aliphatic heterocycles. The number of rotatable bonds is 3. The highest BCUT2D eigenvalue weighted by Gasteiger charge is 2.41. The summed E-state index contributed by atoms with van der Waals surface area (Å²) >= 11 is 0. The number of ether oxygens (including phenoxy) is 2. The van der Waals surface area contributed by atoms with Gasteiger partial charge in [0.2, 0.25) is 6.79 Å². The van der Waals surface area contributed by atoms with Crippen molar-refractivity contribution in [2.24, 2.45) is 13.0 Å². The number of benzene rings is 1. The van der Waals surface area contributed by atoms with E-state index in [0.717, 1.165) is 5.56 Å². The number of carbonyl (C=O) groups is 2. The van der Waals surface area contributed by atoms with E-state index in [9.17, 15) is 14.7 Å². The molecule has 1 N–H and O–H groups in total. The van der Waals surface area contributed by atoms with Gasteiger partial charge in [0.05, 0.1) is 5.92 Å². The van der Waals surface area contributed by atoms with Gasteiger partial charge in [-0.15, -0.1) is 0 Å². The quantitative estimate of drug-likeness (QED) is 0.897. The second-order valence-electron chi connectivity index (χ2n) is 6.21. The Morgan fingerprint density at radius 2 is 2.00 bits per heavy atom. The lowest BCUT2D eigenvalue weighted by Crippen LogP contribution is -2.31. The van der Waals surface area contributed by atoms with E-state index in [1.165, 1.54) is 4.68 Å². The maximum Gasteiger partial charge on any atom is 0.308 e. The highest BCUT2D eigenvalue weighted by atomic mass is 16.7. The van der Waals surface area contributed by atoms with Gasteiger partial charge < -0.3 is 19.5 Å². The van der Waals surface area contributed by atoms with E-state index in [4.69, 9.17) is 9.47 Å². The summed E-state index contributed by atoms with van der Waals surface area (Å²) in [6, 6.07) is 7.06. The van der Waals surface area contributed by atoms with Gasteiger partial charge in [-0.25, -0.2) is 0 Å². The van der Waals surface area contributed by atoms with Gasteiger partial charge in [-0.3, -0.25) is 14.3 Å². The molecule has 4 rings (SSSR count). The van der Waals surface area contributed by atoms with Gasteiger partial charge in [-0.1, -0.05) is 6.07 Å². The van der Waals surface area contributed by atoms with E-state index in [0.29, 0.717) is 23.7 Å². The fourth-order valence-corrected chi connectivity index (χ4v) is 3.45. The molecule has 2 aromatic rings. The first-order chi connectivity index (χ1) is 12.0. The predicted molar refractivity (Wildman–Crippen MR) is 85.5 cm³/mol. The molecule has 8 nitrogen and oxygen atoms in total. The van der Waals surface area contributed by atoms with Crippen molar-refractivity contribution in [3.05, 3.63) is 41.7 Å². The van der Waals surface area contributed by atoms with Gasteiger partial charge in [0.1, 0.15) is 5.69 Å². The first-order valence-corrected chi connectivity index (χ1v) is 7.94. The summed E-state index contributed by atoms with van der Waals surface area (Å²) in [6.45, 7) is 0.663. The lowest BCUT2D eigenvalue weighted by molar-refractivity contribution is -0.141. The number of fused-ring (bicyclic) bond motifs is 1. The van der Waals surface area contributed by atoms with E-state index in [-0.39, 0.29) is 25.2 Å². The zero-order valence-electron chi connectivity index (χ0n) is 13.6. The first kappa shape index (κ1) is 15.5. The van der Waals surface area contributed by atoms with Crippen molar-refractivity contribution in [3.63, 3.8) is 0 Å². The number of hydrogen-bond donors (Lipinski definition) is 1. The molecule has 1 aromatic carbocycles. The molecule has 0 unspecified atom stereocenters. The van der Waals surface area contributed by atoms with Crippen LogP contribution in [0.5, 0.6) is 11.5 Å². The summed E-state index contributed by atoms with van der Waals surface area (Å²) in [5.74, 6) is -0.839. The van der Waals surface area contributed by atoms with Gasteiger partial charge in [0.15, 0.2) is 11.5 Å². The molecule has 1 fully saturated rings. The summed E-state index contributed by atoms with van der Waals surface area (Å²) in [6.07, 6.45) is 1.55. The summed E-state index contributed by atoms with van der Waals surface area (Å²) in [7, 11) is 1.69. The number of carbonyl (C=O) groups excluding carboxylic acids is 1. The molecule has 0 bridgehead atoms. The predicted octanol–water partition coefficient (Wildman–Crippen LogP) is 1.09. The average Bonchev–Trinajstić information content (AvgIpc) is 3.32. The van der Waals surface area contributed by atoms with Crippen LogP contribution in [0, 0.1) is 5.92 Å². The van der Waals surface area contributed by atoms with E-state index in [1.807, 2.05) is 6.07 Å². The third-order valence-corrected chi connectivity index (χ3v) is 4.79. The Hall–Kier alpha value is -3.03. The monoisotopic (exact) mass is 343 g/mol. The zero-order valence-corrected chi connectivity index (χ0v) is 13.6. The maximum absolute atomic E-state index is 12.7. The van der Waals surface area contributed by atoms with Crippen LogP contribution in [0.25, 0.3) is 0 Å². The van der Waals surface area contributed by atoms with Crippen molar-refractivity contribution < 1.29 is 24.2 Å². The molecule has 1 saturated heterocycles. The fraction of sp³-hybridized carbons (Fsp3) is 0.353. The van der Waals surface area contributed by atoms with Crippen LogP contribution >= 0.6 is 0 Å². The summed E-state index contributed by atoms with van der Waals surface area (Å²) in [5.41, 5.74) is 1.27. The van der Waals surface area contributed by atoms with E-state index >= 15 is 0 Å². The second-order valence-corrected chi connectivity index (χ2v) is 6.21. The highest BCUT2D eigenvalue weighted by Crippen LogP contribution is 2.39. The van der Waals surface area contributed by atoms with Crippen LogP contribution < -0.4 is 9.47 Å². The van der Waals surface area contributed by atoms with Crippen molar-refractivity contribution in [1.82, 2.24) is 14.7 Å². The molecular formula is C17H17N3O5. The highest BCUT2D eigenvalue weighted by molar-refractivity contribution is 5.93. The van der Waals surface area contributed by atoms with Crippen molar-refractivity contribution in [2.75, 3.05) is 19.9 Å². The largest absolute Gasteiger partial charge is 0.481 e. The average molecular weight is 343 g/mol. The summed E-state index contributed by atoms with van der Waals surface area (Å²) in [5, 5.41) is 13.6. The lowest BCUT2D eigenvalue weighted by Gasteiger charge is -2.16. The first-order valence-electron chi connectivity index (χ1n) is 7.94. The zero-order chi connectivity index (χ0) is 17.6. The summed E-state index contributed by atoms with van der Waals surface area (Å²) < 4.78 is 12.2. The van der Waals surface area contributed by atoms with Crippen molar-refractivity contribution in [3.8, 4) is 11.5 Å². The van der Waals surface area contributed by atoms with E-state index in [1.54, 1.807) is 36.3 Å². The van der Waals surface area contributed by atoms with Crippen LogP contribution in [0.15, 0.2) is 30.5 Å². The Morgan fingerprint density at radius 1 is 1.20 bits per heavy atom. The molecule has 3 heterocycles. The molecule has 0 spiro atoms. The molecule has 0 aliphatic carbocycles. The molecule has 1 aromatic heterocycles. The molecule has 2 aliphatic rings. The minimum atomic E-state index is -0.914. The topological polar surface area (TPSA) is 93.9 Å². The van der Waals surface area contributed by atoms with Crippen LogP contribution in [0.4, 0.5) is 0 Å². The maximum atomic E-state index is 12.7. The third kappa shape index (κ3) is 2.59. The number of aryl methyl sites for hydroxylation is 1. The molecular weight excluding hydrogens is 326 g/mol. The summed E-state index contributed by atoms with van der Waals surface area (Å²) in [4.78, 5) is 26.0. The van der Waals surface area contributed by atoms with Crippen molar-refractivity contribution in [2.45, 2.75) is 5.92 Å². The van der Waals surface area contributed by atoms with Crippen LogP contribution in [0.1, 0.15) is 22.0 Å². The molecule has 0 radical (unpaired) electrons. The van der Waals surface area contributed by atoms with Crippen molar-refractivity contribution >= 4 is 11.9 Å². The third-order valence-electron chi connectivity index (χ3n) is 4.79. The number of carboxylic acid groups (broad SMARTS) is 1. The van der Waals surface area contributed by atoms with Gasteiger partial charge >= 0.3 is 5.97 Å². The Bertz CT molecular complexity index is 847. The Morgan fingerprint density at radius 3 is 2.72 bits per heavy atom. The Kier molecular flexibility index (Phi) is 3.60. The lowest BCUT2D eigenvalue weighted by atomic mass is 9.89. The van der Waals surface area contributed by atoms with Gasteiger partial charge in [-0.05, 0) is 23.8 Å². The van der Waals surface area contributed by atoms with Gasteiger partial charge in [-0.2, -0.15) is 5.10 Å². The number of nitrogens with zero attached hydrogens (tertiary/aromatic N) is 3. The fourth-order valence-electron chi connectivity index (χ4n) is 3.45. The number of aliphatic carboxylic acids is 1. The Labute approximate surface area is 143 Å². The number of carboxylic acids is 1. The molecule has 130 valence electrons. The number of likely N-dealkylation sites (tertiary alicyclic amines) is 1. The molecule has 25 heavy (non-hydrogen) atoms. The van der Waals surface area contributed by atoms with Crippen LogP contribution in [-0.4, -0.2) is 51.5 Å². The van der Waals surface area contributed by atoms with Crippen LogP contribution in [0.2, 0.25) is 0 Å². The van der Waals surface area contributed by atoms with Gasteiger partial charge in [0, 0.05) is 32.3 Å². The number of hydrogen-bond acceptors (Lipinski definition) is 5. The van der Waals surface area contributed by atoms with Gasteiger partial charge in [0.25, 0.3) is 5.91 Å². The van der Waals surface area contributed by atoms with E-state index < -0.39 is 11.9 Å². The van der Waals surface area contributed by atoms with Crippen LogP contribution in [-0.2, 0) is 11.8 Å². The van der Waals surface area contributed by atoms with Crippen molar-refractivity contribution in [1.29, 1.82) is 0 Å². The van der Waals surface area contributed by atoms with E-state index in [2.05, 4.69) is 5.10 Å². The minimum Gasteiger partial charge on any atom is -0.481 e. The second kappa shape index (κ2) is 5.80. The molecule has 0 saturated carbocycles. The number of amides is 1. The smallest absolute Gasteiger partial charge is 0.308 e. The molecule has 8 heteroatoms. The number of aromatic nitrogens is 2. The Balaban J connectivity index is 1.62.